The number of nitrogens with two attached hydrogens (primary N) is 1. The Balaban J connectivity index is 1.52. The molecule has 0 radical (unpaired) electrons. The van der Waals surface area contributed by atoms with E-state index in [4.69, 9.17) is 14.9 Å². The minimum atomic E-state index is -0.885. The van der Waals surface area contributed by atoms with E-state index in [0.29, 0.717) is 34.7 Å². The number of furan rings is 1. The third-order valence-corrected chi connectivity index (χ3v) is 5.44. The van der Waals surface area contributed by atoms with Crippen molar-refractivity contribution >= 4 is 29.3 Å². The summed E-state index contributed by atoms with van der Waals surface area (Å²) in [6.07, 6.45) is 0.689. The third kappa shape index (κ3) is 3.70. The zero-order valence-corrected chi connectivity index (χ0v) is 16.5. The summed E-state index contributed by atoms with van der Waals surface area (Å²) < 4.78 is 12.9. The third-order valence-electron chi connectivity index (χ3n) is 4.49. The van der Waals surface area contributed by atoms with Gasteiger partial charge in [0, 0.05) is 6.54 Å². The van der Waals surface area contributed by atoms with E-state index < -0.39 is 12.0 Å². The van der Waals surface area contributed by atoms with Crippen LogP contribution in [0.4, 0.5) is 5.69 Å². The van der Waals surface area contributed by atoms with Crippen molar-refractivity contribution < 1.29 is 18.7 Å². The molecule has 9 nitrogen and oxygen atoms in total. The van der Waals surface area contributed by atoms with E-state index in [1.54, 1.807) is 30.5 Å². The first-order chi connectivity index (χ1) is 14.1. The van der Waals surface area contributed by atoms with Crippen molar-refractivity contribution in [2.45, 2.75) is 24.7 Å². The van der Waals surface area contributed by atoms with Gasteiger partial charge in [-0.25, -0.2) is 0 Å². The standard InChI is InChI=1S/C19H19N5O4S/c1-2-23-18(14-8-5-9-27-14)21-22-19(23)29-11-16(25)24-10-15(17(20)26)28-13-7-4-3-6-12(13)24/h3-9,15H,2,10-11H2,1H3,(H2,20,26)/t15-/m0/s1. The van der Waals surface area contributed by atoms with Gasteiger partial charge in [-0.2, -0.15) is 0 Å². The Bertz CT molecular complexity index is 1030. The normalized spacial score (nSPS) is 15.6. The molecule has 2 aromatic heterocycles. The fraction of sp³-hybridized carbons (Fsp3) is 0.263. The van der Waals surface area contributed by atoms with E-state index in [1.807, 2.05) is 23.6 Å². The van der Waals surface area contributed by atoms with Crippen LogP contribution in [0.25, 0.3) is 11.6 Å². The molecule has 29 heavy (non-hydrogen) atoms. The molecular weight excluding hydrogens is 394 g/mol. The highest BCUT2D eigenvalue weighted by atomic mass is 32.2. The van der Waals surface area contributed by atoms with E-state index in [9.17, 15) is 9.59 Å². The zero-order chi connectivity index (χ0) is 20.4. The number of hydrogen-bond donors (Lipinski definition) is 1. The highest BCUT2D eigenvalue weighted by Gasteiger charge is 2.32. The molecule has 1 atom stereocenters. The molecule has 150 valence electrons. The molecule has 4 rings (SSSR count). The molecule has 0 fully saturated rings. The summed E-state index contributed by atoms with van der Waals surface area (Å²) in [5.41, 5.74) is 6.02. The van der Waals surface area contributed by atoms with E-state index in [1.165, 1.54) is 16.7 Å². The molecule has 3 aromatic rings. The van der Waals surface area contributed by atoms with Crippen molar-refractivity contribution in [3.05, 3.63) is 42.7 Å². The van der Waals surface area contributed by atoms with Crippen molar-refractivity contribution in [3.8, 4) is 17.3 Å². The summed E-state index contributed by atoms with van der Waals surface area (Å²) in [4.78, 5) is 26.1. The lowest BCUT2D eigenvalue weighted by atomic mass is 10.2. The summed E-state index contributed by atoms with van der Waals surface area (Å²) in [6, 6.07) is 10.7. The SMILES string of the molecule is CCn1c(SCC(=O)N2C[C@@H](C(N)=O)Oc3ccccc32)nnc1-c1ccco1. The van der Waals surface area contributed by atoms with Gasteiger partial charge in [-0.1, -0.05) is 23.9 Å². The quantitative estimate of drug-likeness (QED) is 0.614. The van der Waals surface area contributed by atoms with Gasteiger partial charge >= 0.3 is 0 Å². The van der Waals surface area contributed by atoms with Crippen LogP contribution in [-0.4, -0.2) is 45.0 Å². The van der Waals surface area contributed by atoms with Crippen LogP contribution in [0.3, 0.4) is 0 Å². The minimum absolute atomic E-state index is 0.0733. The van der Waals surface area contributed by atoms with Crippen LogP contribution in [0.2, 0.25) is 0 Å². The molecule has 1 aromatic carbocycles. The van der Waals surface area contributed by atoms with Crippen LogP contribution in [0.5, 0.6) is 5.75 Å². The molecule has 0 spiro atoms. The molecule has 0 bridgehead atoms. The number of benzene rings is 1. The topological polar surface area (TPSA) is 116 Å². The maximum absolute atomic E-state index is 13.0. The van der Waals surface area contributed by atoms with Crippen molar-refractivity contribution in [2.75, 3.05) is 17.2 Å². The van der Waals surface area contributed by atoms with Gasteiger partial charge in [-0.3, -0.25) is 14.2 Å². The van der Waals surface area contributed by atoms with Crippen molar-refractivity contribution in [2.24, 2.45) is 5.73 Å². The Labute approximate surface area is 170 Å². The number of ether oxygens (including phenoxy) is 1. The van der Waals surface area contributed by atoms with Crippen LogP contribution in [0.1, 0.15) is 6.92 Å². The number of primary amides is 1. The van der Waals surface area contributed by atoms with Crippen LogP contribution in [-0.2, 0) is 16.1 Å². The van der Waals surface area contributed by atoms with Gasteiger partial charge in [0.25, 0.3) is 5.91 Å². The first kappa shape index (κ1) is 19.1. The van der Waals surface area contributed by atoms with Gasteiger partial charge in [0.15, 0.2) is 22.8 Å². The molecule has 3 heterocycles. The molecule has 1 aliphatic heterocycles. The summed E-state index contributed by atoms with van der Waals surface area (Å²) in [6.45, 7) is 2.67. The fourth-order valence-electron chi connectivity index (χ4n) is 3.09. The summed E-state index contributed by atoms with van der Waals surface area (Å²) in [7, 11) is 0. The average Bonchev–Trinajstić information content (AvgIpc) is 3.40. The largest absolute Gasteiger partial charge is 0.477 e. The Morgan fingerprint density at radius 1 is 1.24 bits per heavy atom. The number of aromatic nitrogens is 3. The Kier molecular flexibility index (Phi) is 5.26. The van der Waals surface area contributed by atoms with E-state index in [-0.39, 0.29) is 18.2 Å². The second-order valence-corrected chi connectivity index (χ2v) is 7.24. The number of nitrogens with zero attached hydrogens (tertiary/aromatic N) is 4. The van der Waals surface area contributed by atoms with Crippen molar-refractivity contribution in [3.63, 3.8) is 0 Å². The summed E-state index contributed by atoms with van der Waals surface area (Å²) in [5.74, 6) is 1.01. The molecular formula is C19H19N5O4S. The molecule has 1 aliphatic rings. The van der Waals surface area contributed by atoms with E-state index in [0.717, 1.165) is 0 Å². The number of rotatable bonds is 6. The second kappa shape index (κ2) is 8.00. The van der Waals surface area contributed by atoms with Gasteiger partial charge < -0.3 is 19.8 Å². The number of amides is 2. The lowest BCUT2D eigenvalue weighted by Gasteiger charge is -2.33. The first-order valence-corrected chi connectivity index (χ1v) is 10.0. The highest BCUT2D eigenvalue weighted by molar-refractivity contribution is 7.99. The van der Waals surface area contributed by atoms with Crippen molar-refractivity contribution in [1.82, 2.24) is 14.8 Å². The Hall–Kier alpha value is -3.27. The van der Waals surface area contributed by atoms with Crippen LogP contribution in [0, 0.1) is 0 Å². The van der Waals surface area contributed by atoms with E-state index in [2.05, 4.69) is 10.2 Å². The van der Waals surface area contributed by atoms with Crippen LogP contribution >= 0.6 is 11.8 Å². The average molecular weight is 413 g/mol. The minimum Gasteiger partial charge on any atom is -0.477 e. The number of fused-ring (bicyclic) bond motifs is 1. The van der Waals surface area contributed by atoms with E-state index >= 15 is 0 Å². The highest BCUT2D eigenvalue weighted by Crippen LogP contribution is 2.34. The number of carbonyl (C=O) groups excluding carboxylic acids is 2. The molecule has 0 saturated carbocycles. The molecule has 2 amide bonds. The Morgan fingerprint density at radius 3 is 2.79 bits per heavy atom. The smallest absolute Gasteiger partial charge is 0.260 e. The second-order valence-electron chi connectivity index (χ2n) is 6.30. The van der Waals surface area contributed by atoms with Gasteiger partial charge in [0.1, 0.15) is 5.75 Å². The number of anilines is 1. The molecule has 0 saturated heterocycles. The number of carbonyl (C=O) groups is 2. The first-order valence-electron chi connectivity index (χ1n) is 9.03. The van der Waals surface area contributed by atoms with Gasteiger partial charge in [-0.15, -0.1) is 10.2 Å². The van der Waals surface area contributed by atoms with Crippen LogP contribution in [0.15, 0.2) is 52.2 Å². The van der Waals surface area contributed by atoms with Crippen molar-refractivity contribution in [1.29, 1.82) is 0 Å². The maximum Gasteiger partial charge on any atom is 0.260 e. The number of para-hydroxylation sites is 2. The molecule has 0 unspecified atom stereocenters. The summed E-state index contributed by atoms with van der Waals surface area (Å²) >= 11 is 1.28. The van der Waals surface area contributed by atoms with Gasteiger partial charge in [0.05, 0.1) is 24.2 Å². The lowest BCUT2D eigenvalue weighted by Crippen LogP contribution is -2.49. The maximum atomic E-state index is 13.0. The molecule has 0 aliphatic carbocycles. The monoisotopic (exact) mass is 413 g/mol. The molecule has 10 heteroatoms. The number of thioether (sulfide) groups is 1. The molecule has 2 N–H and O–H groups in total. The van der Waals surface area contributed by atoms with Gasteiger partial charge in [0.2, 0.25) is 5.91 Å². The van der Waals surface area contributed by atoms with Crippen LogP contribution < -0.4 is 15.4 Å². The lowest BCUT2D eigenvalue weighted by molar-refractivity contribution is -0.125. The number of hydrogen-bond acceptors (Lipinski definition) is 7. The van der Waals surface area contributed by atoms with Gasteiger partial charge in [-0.05, 0) is 31.2 Å². The summed E-state index contributed by atoms with van der Waals surface area (Å²) in [5, 5.41) is 8.99. The fourth-order valence-corrected chi connectivity index (χ4v) is 3.97. The zero-order valence-electron chi connectivity index (χ0n) is 15.6. The predicted molar refractivity (Wildman–Crippen MR) is 107 cm³/mol. The Morgan fingerprint density at radius 2 is 2.07 bits per heavy atom. The predicted octanol–water partition coefficient (Wildman–Crippen LogP) is 1.93.